The van der Waals surface area contributed by atoms with Gasteiger partial charge in [-0.25, -0.2) is 4.79 Å². The summed E-state index contributed by atoms with van der Waals surface area (Å²) in [6, 6.07) is 15.2. The Labute approximate surface area is 185 Å². The number of carbonyl (C=O) groups is 3. The van der Waals surface area contributed by atoms with Gasteiger partial charge in [-0.15, -0.1) is 0 Å². The first kappa shape index (κ1) is 20.2. The molecule has 1 N–H and O–H groups in total. The Morgan fingerprint density at radius 1 is 1.12 bits per heavy atom. The molecule has 0 unspecified atom stereocenters. The molecule has 5 rings (SSSR count). The van der Waals surface area contributed by atoms with Crippen molar-refractivity contribution < 1.29 is 24.1 Å². The van der Waals surface area contributed by atoms with Crippen LogP contribution in [0.1, 0.15) is 24.6 Å². The molecule has 0 bridgehead atoms. The van der Waals surface area contributed by atoms with Crippen LogP contribution < -0.4 is 4.57 Å². The largest absolute Gasteiger partial charge is 0.477 e. The Kier molecular flexibility index (Phi) is 4.89. The monoisotopic (exact) mass is 430 g/mol. The molecule has 7 nitrogen and oxygen atoms in total. The fourth-order valence-corrected chi connectivity index (χ4v) is 5.20. The maximum Gasteiger partial charge on any atom is 0.352 e. The third-order valence-electron chi connectivity index (χ3n) is 6.62. The summed E-state index contributed by atoms with van der Waals surface area (Å²) in [7, 11) is 0. The second-order valence-electron chi connectivity index (χ2n) is 8.53. The molecule has 3 aliphatic heterocycles. The van der Waals surface area contributed by atoms with E-state index >= 15 is 0 Å². The van der Waals surface area contributed by atoms with Crippen LogP contribution in [-0.4, -0.2) is 51.3 Å². The van der Waals surface area contributed by atoms with Gasteiger partial charge < -0.3 is 10.0 Å². The normalized spacial score (nSPS) is 24.0. The average molecular weight is 430 g/mol. The maximum absolute atomic E-state index is 12.8. The number of amides is 2. The SMILES string of the molecule is CC(=O)N1C[C@H]2CC(/C=C/c3cccc[n+]3Cc3ccccc3)=C(C(=O)O)N3C(=O)[C@@H]1[C@@H]23. The number of aliphatic carboxylic acids is 1. The van der Waals surface area contributed by atoms with Gasteiger partial charge in [-0.1, -0.05) is 36.4 Å². The van der Waals surface area contributed by atoms with Crippen LogP contribution in [0.5, 0.6) is 0 Å². The molecule has 0 saturated carbocycles. The summed E-state index contributed by atoms with van der Waals surface area (Å²) in [5.41, 5.74) is 2.75. The van der Waals surface area contributed by atoms with Gasteiger partial charge in [0.1, 0.15) is 11.7 Å². The van der Waals surface area contributed by atoms with Gasteiger partial charge in [-0.3, -0.25) is 14.5 Å². The highest BCUT2D eigenvalue weighted by Crippen LogP contribution is 2.47. The van der Waals surface area contributed by atoms with Gasteiger partial charge in [0.2, 0.25) is 11.6 Å². The van der Waals surface area contributed by atoms with E-state index in [1.165, 1.54) is 11.8 Å². The number of aromatic nitrogens is 1. The van der Waals surface area contributed by atoms with Gasteiger partial charge in [-0.05, 0) is 18.1 Å². The average Bonchev–Trinajstić information content (AvgIpc) is 3.15. The summed E-state index contributed by atoms with van der Waals surface area (Å²) in [5, 5.41) is 9.89. The summed E-state index contributed by atoms with van der Waals surface area (Å²) in [6.45, 7) is 2.63. The first-order valence-electron chi connectivity index (χ1n) is 10.7. The van der Waals surface area contributed by atoms with E-state index in [-0.39, 0.29) is 29.5 Å². The number of hydrogen-bond acceptors (Lipinski definition) is 3. The van der Waals surface area contributed by atoms with Gasteiger partial charge in [0.05, 0.1) is 6.04 Å². The maximum atomic E-state index is 12.8. The minimum absolute atomic E-state index is 0.0414. The van der Waals surface area contributed by atoms with Crippen molar-refractivity contribution in [1.29, 1.82) is 0 Å². The Balaban J connectivity index is 1.47. The zero-order chi connectivity index (χ0) is 22.4. The van der Waals surface area contributed by atoms with Crippen LogP contribution in [0, 0.1) is 5.92 Å². The number of allylic oxidation sites excluding steroid dienone is 2. The molecule has 4 heterocycles. The standard InChI is InChI=1S/C25H23N3O4/c1-16(29)27-15-19-13-18(22(25(31)32)28-21(19)23(27)24(28)30)10-11-20-9-5-6-12-26(20)14-17-7-3-2-4-8-17/h2-12,19,21,23H,13-15H2,1H3/p+1/t19-,21-,23+/m1/s1. The van der Waals surface area contributed by atoms with Gasteiger partial charge in [0, 0.05) is 43.2 Å². The molecule has 0 aliphatic carbocycles. The number of benzene rings is 1. The van der Waals surface area contributed by atoms with E-state index in [2.05, 4.69) is 16.7 Å². The Morgan fingerprint density at radius 2 is 1.88 bits per heavy atom. The number of likely N-dealkylation sites (tertiary alicyclic amines) is 1. The van der Waals surface area contributed by atoms with Crippen molar-refractivity contribution in [3.05, 3.63) is 83.3 Å². The molecule has 2 amide bonds. The zero-order valence-corrected chi connectivity index (χ0v) is 17.7. The van der Waals surface area contributed by atoms with Crippen LogP contribution in [0.4, 0.5) is 0 Å². The predicted molar refractivity (Wildman–Crippen MR) is 116 cm³/mol. The van der Waals surface area contributed by atoms with E-state index in [0.29, 0.717) is 25.1 Å². The molecule has 0 spiro atoms. The van der Waals surface area contributed by atoms with Crippen LogP contribution >= 0.6 is 0 Å². The summed E-state index contributed by atoms with van der Waals surface area (Å²) in [6.07, 6.45) is 6.23. The van der Waals surface area contributed by atoms with E-state index in [1.54, 1.807) is 4.90 Å². The smallest absolute Gasteiger partial charge is 0.352 e. The van der Waals surface area contributed by atoms with E-state index in [9.17, 15) is 19.5 Å². The van der Waals surface area contributed by atoms with Crippen molar-refractivity contribution in [3.8, 4) is 0 Å². The van der Waals surface area contributed by atoms with Crippen molar-refractivity contribution in [2.24, 2.45) is 5.92 Å². The topological polar surface area (TPSA) is 81.8 Å². The molecule has 2 fully saturated rings. The van der Waals surface area contributed by atoms with Gasteiger partial charge in [0.15, 0.2) is 12.7 Å². The second kappa shape index (κ2) is 7.75. The van der Waals surface area contributed by atoms with E-state index in [0.717, 1.165) is 11.3 Å². The number of carbonyl (C=O) groups excluding carboxylic acids is 2. The zero-order valence-electron chi connectivity index (χ0n) is 17.7. The lowest BCUT2D eigenvalue weighted by Crippen LogP contribution is -2.69. The molecule has 2 aromatic rings. The molecule has 3 atom stereocenters. The molecular formula is C25H24N3O4+. The molecule has 7 heteroatoms. The number of carboxylic acid groups (broad SMARTS) is 1. The van der Waals surface area contributed by atoms with Crippen molar-refractivity contribution in [2.75, 3.05) is 6.54 Å². The van der Waals surface area contributed by atoms with Crippen molar-refractivity contribution >= 4 is 23.9 Å². The summed E-state index contributed by atoms with van der Waals surface area (Å²) in [5.74, 6) is -1.50. The minimum Gasteiger partial charge on any atom is -0.477 e. The second-order valence-corrected chi connectivity index (χ2v) is 8.53. The summed E-state index contributed by atoms with van der Waals surface area (Å²) < 4.78 is 2.09. The third-order valence-corrected chi connectivity index (χ3v) is 6.62. The third kappa shape index (κ3) is 3.21. The highest BCUT2D eigenvalue weighted by molar-refractivity contribution is 6.02. The Morgan fingerprint density at radius 3 is 2.59 bits per heavy atom. The van der Waals surface area contributed by atoms with Crippen LogP contribution in [0.25, 0.3) is 6.08 Å². The molecule has 32 heavy (non-hydrogen) atoms. The number of nitrogens with zero attached hydrogens (tertiary/aromatic N) is 3. The molecule has 2 saturated heterocycles. The van der Waals surface area contributed by atoms with Crippen LogP contribution in [0.3, 0.4) is 0 Å². The minimum atomic E-state index is -1.11. The molecular weight excluding hydrogens is 406 g/mol. The number of rotatable bonds is 5. The first-order valence-corrected chi connectivity index (χ1v) is 10.7. The fourth-order valence-electron chi connectivity index (χ4n) is 5.20. The summed E-state index contributed by atoms with van der Waals surface area (Å²) >= 11 is 0. The van der Waals surface area contributed by atoms with Crippen LogP contribution in [-0.2, 0) is 20.9 Å². The highest BCUT2D eigenvalue weighted by Gasteiger charge is 2.63. The quantitative estimate of drug-likeness (QED) is 0.580. The van der Waals surface area contributed by atoms with Crippen molar-refractivity contribution in [1.82, 2.24) is 9.80 Å². The first-order chi connectivity index (χ1) is 15.5. The van der Waals surface area contributed by atoms with Crippen molar-refractivity contribution in [2.45, 2.75) is 32.0 Å². The number of β-lactam (4-membered cyclic amide) rings is 1. The van der Waals surface area contributed by atoms with Crippen molar-refractivity contribution in [3.63, 3.8) is 0 Å². The lowest BCUT2D eigenvalue weighted by Gasteiger charge is -2.49. The highest BCUT2D eigenvalue weighted by atomic mass is 16.4. The summed E-state index contributed by atoms with van der Waals surface area (Å²) in [4.78, 5) is 39.8. The number of pyridine rings is 1. The molecule has 162 valence electrons. The predicted octanol–water partition coefficient (Wildman–Crippen LogP) is 1.84. The van der Waals surface area contributed by atoms with Crippen LogP contribution in [0.15, 0.2) is 72.1 Å². The van der Waals surface area contributed by atoms with E-state index in [1.807, 2.05) is 54.7 Å². The Bertz CT molecular complexity index is 1170. The Hall–Kier alpha value is -3.74. The number of hydrogen-bond donors (Lipinski definition) is 1. The molecule has 3 aliphatic rings. The fraction of sp³-hybridized carbons (Fsp3) is 0.280. The molecule has 1 aromatic carbocycles. The van der Waals surface area contributed by atoms with Gasteiger partial charge in [0.25, 0.3) is 5.91 Å². The van der Waals surface area contributed by atoms with E-state index < -0.39 is 12.0 Å². The number of carboxylic acids is 1. The van der Waals surface area contributed by atoms with Crippen LogP contribution in [0.2, 0.25) is 0 Å². The van der Waals surface area contributed by atoms with Gasteiger partial charge >= 0.3 is 5.97 Å². The lowest BCUT2D eigenvalue weighted by molar-refractivity contribution is -0.690. The molecule has 1 aromatic heterocycles. The molecule has 0 radical (unpaired) electrons. The lowest BCUT2D eigenvalue weighted by atomic mass is 9.79. The van der Waals surface area contributed by atoms with Gasteiger partial charge in [-0.2, -0.15) is 4.57 Å². The van der Waals surface area contributed by atoms with E-state index in [4.69, 9.17) is 0 Å².